The third-order valence-electron chi connectivity index (χ3n) is 5.69. The summed E-state index contributed by atoms with van der Waals surface area (Å²) in [5.74, 6) is 0.411. The first-order valence-corrected chi connectivity index (χ1v) is 12.3. The molecule has 0 aliphatic carbocycles. The second-order valence-electron chi connectivity index (χ2n) is 10.4. The van der Waals surface area contributed by atoms with Gasteiger partial charge in [-0.2, -0.15) is 5.10 Å². The molecule has 0 saturated carbocycles. The molecular formula is C28H35ClN4O2. The van der Waals surface area contributed by atoms with Crippen molar-refractivity contribution in [2.45, 2.75) is 53.4 Å². The van der Waals surface area contributed by atoms with Gasteiger partial charge in [0.15, 0.2) is 0 Å². The van der Waals surface area contributed by atoms with E-state index >= 15 is 0 Å². The van der Waals surface area contributed by atoms with Crippen molar-refractivity contribution in [2.75, 3.05) is 18.4 Å². The maximum atomic E-state index is 13.3. The second-order valence-corrected chi connectivity index (χ2v) is 10.8. The van der Waals surface area contributed by atoms with E-state index in [1.807, 2.05) is 37.3 Å². The van der Waals surface area contributed by atoms with E-state index in [4.69, 9.17) is 16.7 Å². The number of carbonyl (C=O) groups excluding carboxylic acids is 2. The Labute approximate surface area is 213 Å². The van der Waals surface area contributed by atoms with Crippen LogP contribution in [0.15, 0.2) is 54.6 Å². The Morgan fingerprint density at radius 3 is 2.43 bits per heavy atom. The summed E-state index contributed by atoms with van der Waals surface area (Å²) in [7, 11) is 0. The molecule has 0 saturated heterocycles. The summed E-state index contributed by atoms with van der Waals surface area (Å²) < 4.78 is 1.75. The van der Waals surface area contributed by atoms with Gasteiger partial charge in [-0.05, 0) is 49.1 Å². The minimum absolute atomic E-state index is 0.0827. The van der Waals surface area contributed by atoms with Crippen molar-refractivity contribution in [1.82, 2.24) is 14.7 Å². The summed E-state index contributed by atoms with van der Waals surface area (Å²) in [6, 6.07) is 16.8. The lowest BCUT2D eigenvalue weighted by Crippen LogP contribution is -2.39. The number of carbonyl (C=O) groups is 2. The number of aryl methyl sites for hydroxylation is 1. The van der Waals surface area contributed by atoms with Crippen LogP contribution in [-0.2, 0) is 10.2 Å². The van der Waals surface area contributed by atoms with Crippen molar-refractivity contribution in [2.24, 2.45) is 5.92 Å². The number of anilines is 1. The molecule has 1 heterocycles. The van der Waals surface area contributed by atoms with E-state index in [9.17, 15) is 9.59 Å². The quantitative estimate of drug-likeness (QED) is 0.402. The molecule has 0 fully saturated rings. The SMILES string of the molecule is Cc1cccc(-n2nc(C(C)(C)C)cc2NC(=O)CN(CCC(C)C)C(=O)c2ccccc2Cl)c1. The smallest absolute Gasteiger partial charge is 0.255 e. The van der Waals surface area contributed by atoms with E-state index in [0.29, 0.717) is 28.9 Å². The number of hydrogen-bond acceptors (Lipinski definition) is 3. The van der Waals surface area contributed by atoms with Crippen LogP contribution in [0.4, 0.5) is 5.82 Å². The van der Waals surface area contributed by atoms with Crippen molar-refractivity contribution < 1.29 is 9.59 Å². The van der Waals surface area contributed by atoms with Crippen LogP contribution >= 0.6 is 11.6 Å². The molecule has 0 aliphatic heterocycles. The molecule has 7 heteroatoms. The Morgan fingerprint density at radius 1 is 1.09 bits per heavy atom. The first-order valence-electron chi connectivity index (χ1n) is 12.0. The number of benzene rings is 2. The highest BCUT2D eigenvalue weighted by molar-refractivity contribution is 6.33. The lowest BCUT2D eigenvalue weighted by Gasteiger charge is -2.23. The van der Waals surface area contributed by atoms with Gasteiger partial charge < -0.3 is 10.2 Å². The van der Waals surface area contributed by atoms with Gasteiger partial charge in [0.1, 0.15) is 12.4 Å². The highest BCUT2D eigenvalue weighted by Crippen LogP contribution is 2.27. The van der Waals surface area contributed by atoms with E-state index in [0.717, 1.165) is 23.4 Å². The normalized spacial score (nSPS) is 11.5. The van der Waals surface area contributed by atoms with Gasteiger partial charge >= 0.3 is 0 Å². The molecule has 35 heavy (non-hydrogen) atoms. The number of halogens is 1. The number of hydrogen-bond donors (Lipinski definition) is 1. The first-order chi connectivity index (χ1) is 16.5. The second kappa shape index (κ2) is 11.1. The van der Waals surface area contributed by atoms with Gasteiger partial charge in [-0.1, -0.05) is 70.5 Å². The molecule has 0 spiro atoms. The zero-order valence-corrected chi connectivity index (χ0v) is 22.2. The average molecular weight is 495 g/mol. The molecule has 0 bridgehead atoms. The topological polar surface area (TPSA) is 67.2 Å². The van der Waals surface area contributed by atoms with Gasteiger partial charge in [-0.25, -0.2) is 4.68 Å². The van der Waals surface area contributed by atoms with Crippen molar-refractivity contribution in [3.05, 3.63) is 76.4 Å². The molecule has 0 unspecified atom stereocenters. The molecule has 6 nitrogen and oxygen atoms in total. The molecule has 0 radical (unpaired) electrons. The third-order valence-corrected chi connectivity index (χ3v) is 6.02. The van der Waals surface area contributed by atoms with Gasteiger partial charge in [-0.3, -0.25) is 9.59 Å². The van der Waals surface area contributed by atoms with Crippen LogP contribution < -0.4 is 5.32 Å². The summed E-state index contributed by atoms with van der Waals surface area (Å²) in [4.78, 5) is 28.1. The molecule has 3 aromatic rings. The van der Waals surface area contributed by atoms with Crippen LogP contribution in [0, 0.1) is 12.8 Å². The Bertz CT molecular complexity index is 1190. The molecular weight excluding hydrogens is 460 g/mol. The molecule has 2 amide bonds. The van der Waals surface area contributed by atoms with Crippen molar-refractivity contribution in [3.8, 4) is 5.69 Å². The van der Waals surface area contributed by atoms with Crippen LogP contribution in [0.3, 0.4) is 0 Å². The molecule has 2 aromatic carbocycles. The van der Waals surface area contributed by atoms with Crippen molar-refractivity contribution in [3.63, 3.8) is 0 Å². The molecule has 1 aromatic heterocycles. The fraction of sp³-hybridized carbons (Fsp3) is 0.393. The molecule has 0 atom stereocenters. The minimum atomic E-state index is -0.288. The van der Waals surface area contributed by atoms with Crippen LogP contribution in [0.5, 0.6) is 0 Å². The fourth-order valence-corrected chi connectivity index (χ4v) is 3.84. The number of nitrogens with one attached hydrogen (secondary N) is 1. The van der Waals surface area contributed by atoms with Gasteiger partial charge in [0.05, 0.1) is 22.0 Å². The van der Waals surface area contributed by atoms with Gasteiger partial charge in [0.25, 0.3) is 5.91 Å². The summed E-state index contributed by atoms with van der Waals surface area (Å²) in [6.45, 7) is 12.8. The number of rotatable bonds is 8. The number of nitrogens with zero attached hydrogens (tertiary/aromatic N) is 3. The number of aromatic nitrogens is 2. The van der Waals surface area contributed by atoms with E-state index in [1.165, 1.54) is 0 Å². The fourth-order valence-electron chi connectivity index (χ4n) is 3.62. The Hall–Kier alpha value is -3.12. The largest absolute Gasteiger partial charge is 0.329 e. The van der Waals surface area contributed by atoms with Crippen LogP contribution in [0.2, 0.25) is 5.02 Å². The number of amides is 2. The van der Waals surface area contributed by atoms with Crippen LogP contribution in [0.1, 0.15) is 62.7 Å². The zero-order chi connectivity index (χ0) is 25.8. The Kier molecular flexibility index (Phi) is 8.39. The standard InChI is InChI=1S/C28H35ClN4O2/c1-19(2)14-15-32(27(35)22-12-7-8-13-23(22)29)18-26(34)30-25-17-24(28(4,5)6)31-33(25)21-11-9-10-20(3)16-21/h7-13,16-17,19H,14-15,18H2,1-6H3,(H,30,34). The van der Waals surface area contributed by atoms with Crippen molar-refractivity contribution >= 4 is 29.2 Å². The predicted octanol–water partition coefficient (Wildman–Crippen LogP) is 6.26. The van der Waals surface area contributed by atoms with Crippen molar-refractivity contribution in [1.29, 1.82) is 0 Å². The molecule has 3 rings (SSSR count). The van der Waals surface area contributed by atoms with Gasteiger partial charge in [-0.15, -0.1) is 0 Å². The highest BCUT2D eigenvalue weighted by Gasteiger charge is 2.24. The minimum Gasteiger partial charge on any atom is -0.329 e. The first kappa shape index (κ1) is 26.5. The maximum absolute atomic E-state index is 13.3. The van der Waals surface area contributed by atoms with Crippen LogP contribution in [0.25, 0.3) is 5.69 Å². The summed E-state index contributed by atoms with van der Waals surface area (Å²) >= 11 is 6.28. The van der Waals surface area contributed by atoms with E-state index in [1.54, 1.807) is 33.8 Å². The summed E-state index contributed by atoms with van der Waals surface area (Å²) in [6.07, 6.45) is 0.777. The van der Waals surface area contributed by atoms with Crippen LogP contribution in [-0.4, -0.2) is 39.6 Å². The monoisotopic (exact) mass is 494 g/mol. The predicted molar refractivity (Wildman–Crippen MR) is 142 cm³/mol. The Balaban J connectivity index is 1.88. The lowest BCUT2D eigenvalue weighted by molar-refractivity contribution is -0.117. The highest BCUT2D eigenvalue weighted by atomic mass is 35.5. The maximum Gasteiger partial charge on any atom is 0.255 e. The van der Waals surface area contributed by atoms with E-state index in [-0.39, 0.29) is 23.8 Å². The van der Waals surface area contributed by atoms with E-state index in [2.05, 4.69) is 39.9 Å². The van der Waals surface area contributed by atoms with Gasteiger partial charge in [0, 0.05) is 18.0 Å². The lowest BCUT2D eigenvalue weighted by atomic mass is 9.92. The molecule has 0 aliphatic rings. The summed E-state index contributed by atoms with van der Waals surface area (Å²) in [5, 5.41) is 8.15. The van der Waals surface area contributed by atoms with E-state index < -0.39 is 0 Å². The molecule has 1 N–H and O–H groups in total. The average Bonchev–Trinajstić information content (AvgIpc) is 3.20. The molecule has 186 valence electrons. The zero-order valence-electron chi connectivity index (χ0n) is 21.4. The third kappa shape index (κ3) is 6.95. The Morgan fingerprint density at radius 2 is 1.80 bits per heavy atom. The van der Waals surface area contributed by atoms with Gasteiger partial charge in [0.2, 0.25) is 5.91 Å². The summed E-state index contributed by atoms with van der Waals surface area (Å²) in [5.41, 5.74) is 3.01.